The second-order valence-electron chi connectivity index (χ2n) is 6.56. The van der Waals surface area contributed by atoms with Gasteiger partial charge < -0.3 is 4.74 Å². The number of ether oxygens (including phenoxy) is 1. The zero-order chi connectivity index (χ0) is 13.2. The molecule has 2 nitrogen and oxygen atoms in total. The first-order valence-electron chi connectivity index (χ1n) is 7.22. The number of hydrogen-bond donors (Lipinski definition) is 0. The van der Waals surface area contributed by atoms with Crippen LogP contribution in [0.1, 0.15) is 59.3 Å². The zero-order valence-electron chi connectivity index (χ0n) is 11.9. The van der Waals surface area contributed by atoms with Crippen LogP contribution in [0.15, 0.2) is 11.6 Å². The van der Waals surface area contributed by atoms with Crippen molar-refractivity contribution in [1.82, 2.24) is 0 Å². The van der Waals surface area contributed by atoms with Crippen LogP contribution in [0.3, 0.4) is 0 Å². The van der Waals surface area contributed by atoms with Gasteiger partial charge in [-0.3, -0.25) is 0 Å². The first-order chi connectivity index (χ1) is 8.54. The van der Waals surface area contributed by atoms with Crippen molar-refractivity contribution >= 4 is 0 Å². The molecule has 0 radical (unpaired) electrons. The van der Waals surface area contributed by atoms with Crippen LogP contribution in [-0.2, 0) is 4.74 Å². The highest BCUT2D eigenvalue weighted by Gasteiger charge is 2.53. The van der Waals surface area contributed by atoms with Crippen molar-refractivity contribution in [3.63, 3.8) is 0 Å². The lowest BCUT2D eigenvalue weighted by molar-refractivity contribution is 0.139. The van der Waals surface area contributed by atoms with E-state index in [0.717, 1.165) is 18.8 Å². The molecule has 0 aromatic rings. The van der Waals surface area contributed by atoms with Crippen LogP contribution in [-0.4, -0.2) is 12.2 Å². The van der Waals surface area contributed by atoms with Crippen molar-refractivity contribution in [3.8, 4) is 6.07 Å². The third-order valence-corrected chi connectivity index (χ3v) is 4.69. The third kappa shape index (κ3) is 3.14. The summed E-state index contributed by atoms with van der Waals surface area (Å²) in [5, 5.41) is 8.53. The maximum absolute atomic E-state index is 8.53. The number of rotatable bonds is 5. The van der Waals surface area contributed by atoms with Crippen molar-refractivity contribution in [1.29, 1.82) is 5.26 Å². The van der Waals surface area contributed by atoms with E-state index in [1.165, 1.54) is 24.8 Å². The van der Waals surface area contributed by atoms with Crippen molar-refractivity contribution in [2.45, 2.75) is 71.5 Å². The Balaban J connectivity index is 1.82. The lowest BCUT2D eigenvalue weighted by Gasteiger charge is -2.36. The fourth-order valence-corrected chi connectivity index (χ4v) is 3.31. The van der Waals surface area contributed by atoms with Gasteiger partial charge in [0.25, 0.3) is 0 Å². The van der Waals surface area contributed by atoms with Gasteiger partial charge in [0.1, 0.15) is 0 Å². The van der Waals surface area contributed by atoms with E-state index in [0.29, 0.717) is 24.0 Å². The minimum absolute atomic E-state index is 0.435. The van der Waals surface area contributed by atoms with Gasteiger partial charge in [0, 0.05) is 6.42 Å². The molecule has 0 N–H and O–H groups in total. The predicted molar refractivity (Wildman–Crippen MR) is 73.0 cm³/mol. The maximum atomic E-state index is 8.53. The van der Waals surface area contributed by atoms with Crippen LogP contribution >= 0.6 is 0 Å². The largest absolute Gasteiger partial charge is 0.369 e. The molecule has 100 valence electrons. The van der Waals surface area contributed by atoms with Gasteiger partial charge in [0.2, 0.25) is 0 Å². The van der Waals surface area contributed by atoms with E-state index in [1.807, 2.05) is 0 Å². The Morgan fingerprint density at radius 3 is 3.00 bits per heavy atom. The van der Waals surface area contributed by atoms with E-state index >= 15 is 0 Å². The van der Waals surface area contributed by atoms with E-state index < -0.39 is 0 Å². The molecule has 0 bridgehead atoms. The van der Waals surface area contributed by atoms with Crippen LogP contribution in [0.25, 0.3) is 0 Å². The van der Waals surface area contributed by atoms with E-state index in [-0.39, 0.29) is 0 Å². The summed E-state index contributed by atoms with van der Waals surface area (Å²) >= 11 is 0. The summed E-state index contributed by atoms with van der Waals surface area (Å²) < 4.78 is 5.79. The first kappa shape index (κ1) is 13.6. The molecular weight excluding hydrogens is 222 g/mol. The molecule has 2 heteroatoms. The van der Waals surface area contributed by atoms with Gasteiger partial charge in [0.15, 0.2) is 0 Å². The van der Waals surface area contributed by atoms with E-state index in [9.17, 15) is 0 Å². The monoisotopic (exact) mass is 247 g/mol. The Bertz CT molecular complexity index is 364. The fraction of sp³-hybridized carbons (Fsp3) is 0.812. The summed E-state index contributed by atoms with van der Waals surface area (Å²) in [6, 6.07) is 2.19. The van der Waals surface area contributed by atoms with Crippen LogP contribution in [0.5, 0.6) is 0 Å². The van der Waals surface area contributed by atoms with Crippen LogP contribution < -0.4 is 0 Å². The lowest BCUT2D eigenvalue weighted by Crippen LogP contribution is -2.33. The van der Waals surface area contributed by atoms with Gasteiger partial charge >= 0.3 is 0 Å². The van der Waals surface area contributed by atoms with E-state index in [1.54, 1.807) is 0 Å². The summed E-state index contributed by atoms with van der Waals surface area (Å²) in [6.07, 6.45) is 9.84. The summed E-state index contributed by atoms with van der Waals surface area (Å²) in [5.41, 5.74) is 1.87. The van der Waals surface area contributed by atoms with Crippen molar-refractivity contribution in [2.24, 2.45) is 11.3 Å². The SMILES string of the molecule is C/C(=C\CCC#N)CC[C@H]1[C@H]2O[C@H]2CCC1(C)C. The molecule has 2 fully saturated rings. The van der Waals surface area contributed by atoms with Crippen molar-refractivity contribution in [2.75, 3.05) is 0 Å². The molecule has 0 aromatic carbocycles. The number of fused-ring (bicyclic) bond motifs is 1. The summed E-state index contributed by atoms with van der Waals surface area (Å²) in [6.45, 7) is 6.98. The Hall–Kier alpha value is -0.810. The van der Waals surface area contributed by atoms with Gasteiger partial charge in [-0.15, -0.1) is 0 Å². The number of hydrogen-bond acceptors (Lipinski definition) is 2. The van der Waals surface area contributed by atoms with Crippen molar-refractivity contribution < 1.29 is 4.74 Å². The van der Waals surface area contributed by atoms with Crippen LogP contribution in [0.2, 0.25) is 0 Å². The molecule has 18 heavy (non-hydrogen) atoms. The molecule has 1 saturated carbocycles. The van der Waals surface area contributed by atoms with E-state index in [2.05, 4.69) is 32.9 Å². The molecule has 0 spiro atoms. The molecule has 2 aliphatic rings. The van der Waals surface area contributed by atoms with Gasteiger partial charge in [-0.05, 0) is 50.4 Å². The number of nitriles is 1. The standard InChI is InChI=1S/C16H25NO/c1-12(6-4-5-11-17)7-8-13-15-14(18-15)9-10-16(13,2)3/h6,13-15H,4-5,7-10H2,1-3H3/b12-6+/t13-,14-,15+/m0/s1. The van der Waals surface area contributed by atoms with Gasteiger partial charge in [-0.1, -0.05) is 25.5 Å². The summed E-state index contributed by atoms with van der Waals surface area (Å²) in [4.78, 5) is 0. The Kier molecular flexibility index (Phi) is 4.12. The topological polar surface area (TPSA) is 36.3 Å². The quantitative estimate of drug-likeness (QED) is 0.414. The molecule has 0 aromatic heterocycles. The van der Waals surface area contributed by atoms with Gasteiger partial charge in [0.05, 0.1) is 18.3 Å². The molecule has 1 aliphatic heterocycles. The summed E-state index contributed by atoms with van der Waals surface area (Å²) in [7, 11) is 0. The number of epoxide rings is 1. The molecule has 2 rings (SSSR count). The normalized spacial score (nSPS) is 33.7. The Morgan fingerprint density at radius 2 is 2.28 bits per heavy atom. The van der Waals surface area contributed by atoms with Gasteiger partial charge in [-0.25, -0.2) is 0 Å². The van der Waals surface area contributed by atoms with Crippen LogP contribution in [0.4, 0.5) is 0 Å². The first-order valence-corrected chi connectivity index (χ1v) is 7.22. The third-order valence-electron chi connectivity index (χ3n) is 4.69. The molecule has 0 amide bonds. The minimum atomic E-state index is 0.435. The Labute approximate surface area is 111 Å². The molecule has 1 saturated heterocycles. The lowest BCUT2D eigenvalue weighted by atomic mass is 9.67. The molecule has 0 unspecified atom stereocenters. The number of allylic oxidation sites excluding steroid dienone is 2. The highest BCUT2D eigenvalue weighted by atomic mass is 16.6. The predicted octanol–water partition coefficient (Wildman–Crippen LogP) is 4.22. The Morgan fingerprint density at radius 1 is 1.50 bits per heavy atom. The minimum Gasteiger partial charge on any atom is -0.369 e. The highest BCUT2D eigenvalue weighted by Crippen LogP contribution is 2.52. The molecule has 3 atom stereocenters. The van der Waals surface area contributed by atoms with Crippen LogP contribution in [0, 0.1) is 22.7 Å². The average Bonchev–Trinajstić information content (AvgIpc) is 3.06. The van der Waals surface area contributed by atoms with E-state index in [4.69, 9.17) is 10.00 Å². The summed E-state index contributed by atoms with van der Waals surface area (Å²) in [5.74, 6) is 0.718. The second kappa shape index (κ2) is 5.45. The fourth-order valence-electron chi connectivity index (χ4n) is 3.31. The zero-order valence-corrected chi connectivity index (χ0v) is 11.9. The number of nitrogens with zero attached hydrogens (tertiary/aromatic N) is 1. The van der Waals surface area contributed by atoms with Crippen molar-refractivity contribution in [3.05, 3.63) is 11.6 Å². The maximum Gasteiger partial charge on any atom is 0.0875 e. The highest BCUT2D eigenvalue weighted by molar-refractivity contribution is 5.05. The average molecular weight is 247 g/mol. The smallest absolute Gasteiger partial charge is 0.0875 e. The number of unbranched alkanes of at least 4 members (excludes halogenated alkanes) is 1. The van der Waals surface area contributed by atoms with Gasteiger partial charge in [-0.2, -0.15) is 5.26 Å². The molecule has 1 aliphatic carbocycles. The molecular formula is C16H25NO. The molecule has 1 heterocycles. The second-order valence-corrected chi connectivity index (χ2v) is 6.56.